The van der Waals surface area contributed by atoms with E-state index in [0.29, 0.717) is 33.6 Å². The number of fused-ring (bicyclic) bond motifs is 1. The molecule has 7 nitrogen and oxygen atoms in total. The first-order valence-corrected chi connectivity index (χ1v) is 9.57. The first kappa shape index (κ1) is 20.5. The van der Waals surface area contributed by atoms with Gasteiger partial charge in [0, 0.05) is 42.0 Å². The summed E-state index contributed by atoms with van der Waals surface area (Å²) in [7, 11) is 3.30. The Hall–Kier alpha value is -3.80. The molecule has 0 spiro atoms. The molecule has 1 fully saturated rings. The fourth-order valence-corrected chi connectivity index (χ4v) is 3.22. The molecule has 0 unspecified atom stereocenters. The average Bonchev–Trinajstić information content (AvgIpc) is 3.59. The van der Waals surface area contributed by atoms with E-state index in [2.05, 4.69) is 37.4 Å². The van der Waals surface area contributed by atoms with Gasteiger partial charge in [-0.05, 0) is 30.5 Å². The van der Waals surface area contributed by atoms with Crippen LogP contribution in [-0.2, 0) is 4.79 Å². The molecule has 4 rings (SSSR count). The van der Waals surface area contributed by atoms with Crippen molar-refractivity contribution in [3.05, 3.63) is 48.0 Å². The van der Waals surface area contributed by atoms with Crippen molar-refractivity contribution >= 4 is 28.3 Å². The minimum atomic E-state index is -2.49. The number of hydrogen-bond acceptors (Lipinski definition) is 6. The zero-order chi connectivity index (χ0) is 22.0. The topological polar surface area (TPSA) is 89.0 Å². The summed E-state index contributed by atoms with van der Waals surface area (Å²) < 4.78 is 30.6. The van der Waals surface area contributed by atoms with Crippen LogP contribution in [-0.4, -0.2) is 41.4 Å². The van der Waals surface area contributed by atoms with Crippen molar-refractivity contribution in [1.29, 1.82) is 0 Å². The van der Waals surface area contributed by atoms with Gasteiger partial charge in [0.2, 0.25) is 12.3 Å². The van der Waals surface area contributed by atoms with Crippen molar-refractivity contribution < 1.29 is 18.3 Å². The molecule has 0 saturated heterocycles. The predicted molar refractivity (Wildman–Crippen MR) is 112 cm³/mol. The number of nitrogens with zero attached hydrogens (tertiary/aromatic N) is 3. The highest BCUT2D eigenvalue weighted by Gasteiger charge is 2.48. The molecule has 1 saturated carbocycles. The highest BCUT2D eigenvalue weighted by atomic mass is 19.3. The van der Waals surface area contributed by atoms with Gasteiger partial charge in [0.15, 0.2) is 0 Å². The summed E-state index contributed by atoms with van der Waals surface area (Å²) in [6, 6.07) is 5.17. The SMILES string of the molecule is CNc1ncc(C#Cc2ccc(OC)cn2)c2cc(NC(=O)[C@@H]3C[C@@H]3C(F)F)ncc12. The molecule has 0 radical (unpaired) electrons. The van der Waals surface area contributed by atoms with Crippen LogP contribution in [0.1, 0.15) is 17.7 Å². The van der Waals surface area contributed by atoms with Gasteiger partial charge >= 0.3 is 0 Å². The summed E-state index contributed by atoms with van der Waals surface area (Å²) in [6.45, 7) is 0. The van der Waals surface area contributed by atoms with E-state index in [1.54, 1.807) is 50.9 Å². The second-order valence-electron chi connectivity index (χ2n) is 7.05. The average molecular weight is 423 g/mol. The number of carbonyl (C=O) groups is 1. The lowest BCUT2D eigenvalue weighted by Gasteiger charge is -2.09. The molecule has 3 aromatic heterocycles. The molecule has 2 atom stereocenters. The molecule has 158 valence electrons. The van der Waals surface area contributed by atoms with Crippen LogP contribution in [0.3, 0.4) is 0 Å². The van der Waals surface area contributed by atoms with Crippen LogP contribution < -0.4 is 15.4 Å². The first-order chi connectivity index (χ1) is 15.0. The van der Waals surface area contributed by atoms with Crippen molar-refractivity contribution in [2.75, 3.05) is 24.8 Å². The number of ether oxygens (including phenoxy) is 1. The molecule has 3 heterocycles. The minimum absolute atomic E-state index is 0.191. The number of hydrogen-bond donors (Lipinski definition) is 2. The zero-order valence-electron chi connectivity index (χ0n) is 16.8. The number of alkyl halides is 2. The van der Waals surface area contributed by atoms with Crippen molar-refractivity contribution in [2.24, 2.45) is 11.8 Å². The van der Waals surface area contributed by atoms with Crippen LogP contribution in [0.25, 0.3) is 10.8 Å². The molecule has 9 heteroatoms. The van der Waals surface area contributed by atoms with E-state index in [1.807, 2.05) is 0 Å². The number of anilines is 2. The van der Waals surface area contributed by atoms with Crippen molar-refractivity contribution in [3.8, 4) is 17.6 Å². The van der Waals surface area contributed by atoms with E-state index in [9.17, 15) is 13.6 Å². The first-order valence-electron chi connectivity index (χ1n) is 9.57. The number of carbonyl (C=O) groups excluding carboxylic acids is 1. The predicted octanol–water partition coefficient (Wildman–Crippen LogP) is 3.31. The van der Waals surface area contributed by atoms with Crippen LogP contribution in [0.15, 0.2) is 36.8 Å². The van der Waals surface area contributed by atoms with Gasteiger partial charge in [0.1, 0.15) is 23.1 Å². The molecule has 1 aliphatic rings. The second kappa shape index (κ2) is 8.52. The van der Waals surface area contributed by atoms with E-state index >= 15 is 0 Å². The number of amides is 1. The molecule has 0 bridgehead atoms. The maximum Gasteiger partial charge on any atom is 0.242 e. The molecule has 31 heavy (non-hydrogen) atoms. The zero-order valence-corrected chi connectivity index (χ0v) is 16.8. The normalized spacial score (nSPS) is 17.1. The maximum atomic E-state index is 12.7. The molecule has 2 N–H and O–H groups in total. The van der Waals surface area contributed by atoms with Crippen LogP contribution in [0.2, 0.25) is 0 Å². The molecule has 1 amide bonds. The maximum absolute atomic E-state index is 12.7. The molecule has 0 aliphatic heterocycles. The van der Waals surface area contributed by atoms with Gasteiger partial charge in [-0.1, -0.05) is 5.92 Å². The smallest absolute Gasteiger partial charge is 0.242 e. The van der Waals surface area contributed by atoms with E-state index in [-0.39, 0.29) is 12.2 Å². The monoisotopic (exact) mass is 423 g/mol. The Morgan fingerprint density at radius 3 is 2.65 bits per heavy atom. The summed E-state index contributed by atoms with van der Waals surface area (Å²) in [5.41, 5.74) is 1.17. The summed E-state index contributed by atoms with van der Waals surface area (Å²) in [6.07, 6.45) is 2.46. The summed E-state index contributed by atoms with van der Waals surface area (Å²) in [5, 5.41) is 7.06. The van der Waals surface area contributed by atoms with Crippen molar-refractivity contribution in [1.82, 2.24) is 15.0 Å². The quantitative estimate of drug-likeness (QED) is 0.612. The molecule has 0 aromatic carbocycles. The third-order valence-electron chi connectivity index (χ3n) is 5.06. The Morgan fingerprint density at radius 2 is 2.00 bits per heavy atom. The Labute approximate surface area is 177 Å². The summed E-state index contributed by atoms with van der Waals surface area (Å²) in [4.78, 5) is 25.1. The fraction of sp³-hybridized carbons (Fsp3) is 0.273. The number of pyridine rings is 3. The van der Waals surface area contributed by atoms with Gasteiger partial charge in [-0.25, -0.2) is 23.7 Å². The van der Waals surface area contributed by atoms with Crippen molar-refractivity contribution in [2.45, 2.75) is 12.8 Å². The van der Waals surface area contributed by atoms with E-state index in [1.165, 1.54) is 0 Å². The number of halogens is 2. The largest absolute Gasteiger partial charge is 0.495 e. The van der Waals surface area contributed by atoms with Crippen molar-refractivity contribution in [3.63, 3.8) is 0 Å². The third kappa shape index (κ3) is 4.38. The lowest BCUT2D eigenvalue weighted by molar-refractivity contribution is -0.118. The van der Waals surface area contributed by atoms with Gasteiger partial charge in [-0.2, -0.15) is 0 Å². The van der Waals surface area contributed by atoms with E-state index < -0.39 is 24.2 Å². The molecule has 1 aliphatic carbocycles. The van der Waals surface area contributed by atoms with Gasteiger partial charge in [-0.15, -0.1) is 0 Å². The number of aromatic nitrogens is 3. The Balaban J connectivity index is 1.65. The van der Waals surface area contributed by atoms with Crippen LogP contribution in [0.5, 0.6) is 5.75 Å². The third-order valence-corrected chi connectivity index (χ3v) is 5.06. The molecular weight excluding hydrogens is 404 g/mol. The molecular formula is C22H19F2N5O2. The highest BCUT2D eigenvalue weighted by Crippen LogP contribution is 2.43. The van der Waals surface area contributed by atoms with E-state index in [4.69, 9.17) is 4.74 Å². The fourth-order valence-electron chi connectivity index (χ4n) is 3.22. The van der Waals surface area contributed by atoms with Crippen LogP contribution in [0.4, 0.5) is 20.4 Å². The number of rotatable bonds is 5. The van der Waals surface area contributed by atoms with Gasteiger partial charge < -0.3 is 15.4 Å². The van der Waals surface area contributed by atoms with Gasteiger partial charge in [0.05, 0.1) is 18.9 Å². The molecule has 3 aromatic rings. The van der Waals surface area contributed by atoms with Crippen LogP contribution in [0, 0.1) is 23.7 Å². The minimum Gasteiger partial charge on any atom is -0.495 e. The van der Waals surface area contributed by atoms with Gasteiger partial charge in [0.25, 0.3) is 0 Å². The van der Waals surface area contributed by atoms with Gasteiger partial charge in [-0.3, -0.25) is 4.79 Å². The van der Waals surface area contributed by atoms with E-state index in [0.717, 1.165) is 0 Å². The lowest BCUT2D eigenvalue weighted by atomic mass is 10.1. The summed E-state index contributed by atoms with van der Waals surface area (Å²) >= 11 is 0. The standard InChI is InChI=1S/C22H19F2N5O2/c1-25-21-18-11-27-19(29-22(30)17-7-16(17)20(23)24)8-15(18)12(9-28-21)3-4-13-5-6-14(31-2)10-26-13/h5-6,8-11,16-17,20H,7H2,1-2H3,(H,25,28)(H,27,29,30)/t16-,17+/m0/s1. The number of nitrogens with one attached hydrogen (secondary N) is 2. The Morgan fingerprint density at radius 1 is 1.16 bits per heavy atom. The second-order valence-corrected chi connectivity index (χ2v) is 7.05. The summed E-state index contributed by atoms with van der Waals surface area (Å²) in [5.74, 6) is 5.54. The highest BCUT2D eigenvalue weighted by molar-refractivity contribution is 5.99. The Kier molecular flexibility index (Phi) is 5.62. The number of methoxy groups -OCH3 is 1. The van der Waals surface area contributed by atoms with Crippen LogP contribution >= 0.6 is 0 Å². The lowest BCUT2D eigenvalue weighted by Crippen LogP contribution is -2.17. The Bertz CT molecular complexity index is 1190.